The summed E-state index contributed by atoms with van der Waals surface area (Å²) in [6.07, 6.45) is 9.24. The van der Waals surface area contributed by atoms with Crippen molar-refractivity contribution < 1.29 is 4.74 Å². The molecular formula is C25H30N4O2. The number of anilines is 1. The van der Waals surface area contributed by atoms with Gasteiger partial charge < -0.3 is 19.9 Å². The lowest BCUT2D eigenvalue weighted by Crippen LogP contribution is -2.44. The van der Waals surface area contributed by atoms with E-state index in [-0.39, 0.29) is 11.2 Å². The largest absolute Gasteiger partial charge is 0.485 e. The van der Waals surface area contributed by atoms with Crippen LogP contribution in [0.15, 0.2) is 53.5 Å². The Hall–Kier alpha value is -2.86. The first kappa shape index (κ1) is 20.1. The lowest BCUT2D eigenvalue weighted by molar-refractivity contribution is 0.0538. The molecule has 2 N–H and O–H groups in total. The summed E-state index contributed by atoms with van der Waals surface area (Å²) in [5.41, 5.74) is 3.43. The summed E-state index contributed by atoms with van der Waals surface area (Å²) in [7, 11) is 0. The van der Waals surface area contributed by atoms with Crippen LogP contribution in [-0.4, -0.2) is 41.7 Å². The highest BCUT2D eigenvalue weighted by molar-refractivity contribution is 5.73. The topological polar surface area (TPSA) is 70.2 Å². The molecule has 0 bridgehead atoms. The normalized spacial score (nSPS) is 19.4. The van der Waals surface area contributed by atoms with E-state index in [0.29, 0.717) is 5.65 Å². The molecule has 0 amide bonds. The summed E-state index contributed by atoms with van der Waals surface area (Å²) < 4.78 is 6.60. The second-order valence-electron chi connectivity index (χ2n) is 8.76. The highest BCUT2D eigenvalue weighted by atomic mass is 16.5. The molecule has 2 aliphatic heterocycles. The molecule has 3 aliphatic rings. The number of nitrogens with zero attached hydrogens (tertiary/aromatic N) is 2. The first-order valence-corrected chi connectivity index (χ1v) is 11.4. The van der Waals surface area contributed by atoms with Gasteiger partial charge in [0.2, 0.25) is 5.56 Å². The van der Waals surface area contributed by atoms with Crippen LogP contribution in [0.1, 0.15) is 37.7 Å². The van der Waals surface area contributed by atoms with Crippen molar-refractivity contribution >= 4 is 16.7 Å². The van der Waals surface area contributed by atoms with E-state index in [0.717, 1.165) is 31.6 Å². The van der Waals surface area contributed by atoms with Crippen LogP contribution in [0.5, 0.6) is 5.75 Å². The van der Waals surface area contributed by atoms with Gasteiger partial charge in [-0.25, -0.2) is 4.98 Å². The summed E-state index contributed by atoms with van der Waals surface area (Å²) in [5, 5.41) is 4.38. The molecule has 6 heteroatoms. The first-order valence-electron chi connectivity index (χ1n) is 11.4. The third-order valence-corrected chi connectivity index (χ3v) is 6.71. The van der Waals surface area contributed by atoms with Gasteiger partial charge in [-0.05, 0) is 68.4 Å². The zero-order valence-electron chi connectivity index (χ0n) is 17.9. The average molecular weight is 419 g/mol. The number of hydrogen-bond donors (Lipinski definition) is 2. The van der Waals surface area contributed by atoms with E-state index in [2.05, 4.69) is 38.4 Å². The molecule has 6 nitrogen and oxygen atoms in total. The van der Waals surface area contributed by atoms with Gasteiger partial charge >= 0.3 is 0 Å². The summed E-state index contributed by atoms with van der Waals surface area (Å²) in [4.78, 5) is 19.9. The predicted molar refractivity (Wildman–Crippen MR) is 124 cm³/mol. The maximum Gasteiger partial charge on any atom is 0.249 e. The number of aryl methyl sites for hydroxylation is 1. The van der Waals surface area contributed by atoms with Crippen LogP contribution in [0.4, 0.5) is 5.69 Å². The van der Waals surface area contributed by atoms with Crippen LogP contribution in [0.2, 0.25) is 0 Å². The molecule has 1 aliphatic carbocycles. The van der Waals surface area contributed by atoms with E-state index in [1.807, 2.05) is 12.1 Å². The van der Waals surface area contributed by atoms with Gasteiger partial charge in [-0.1, -0.05) is 12.1 Å². The number of benzene rings is 1. The van der Waals surface area contributed by atoms with Gasteiger partial charge in [-0.3, -0.25) is 4.79 Å². The SMILES string of the molecule is O=c1ccc2cccnc2[nH]1.c1cc2c(c(N3CCNCC3)c1)OC1(CCCC1)CC2. The number of piperazine rings is 1. The van der Waals surface area contributed by atoms with Crippen LogP contribution >= 0.6 is 0 Å². The molecule has 3 aromatic rings. The minimum absolute atomic E-state index is 0.115. The summed E-state index contributed by atoms with van der Waals surface area (Å²) in [6.45, 7) is 4.34. The number of rotatable bonds is 1. The van der Waals surface area contributed by atoms with Crippen molar-refractivity contribution in [2.45, 2.75) is 44.1 Å². The van der Waals surface area contributed by atoms with Crippen molar-refractivity contribution in [1.82, 2.24) is 15.3 Å². The van der Waals surface area contributed by atoms with E-state index < -0.39 is 0 Å². The summed E-state index contributed by atoms with van der Waals surface area (Å²) in [5.74, 6) is 1.20. The molecular weight excluding hydrogens is 388 g/mol. The Bertz CT molecular complexity index is 1100. The van der Waals surface area contributed by atoms with Crippen molar-refractivity contribution in [3.05, 3.63) is 64.6 Å². The quantitative estimate of drug-likeness (QED) is 0.631. The Morgan fingerprint density at radius 2 is 1.81 bits per heavy atom. The molecule has 2 fully saturated rings. The fraction of sp³-hybridized carbons (Fsp3) is 0.440. The number of fused-ring (bicyclic) bond motifs is 2. The second kappa shape index (κ2) is 8.71. The van der Waals surface area contributed by atoms with Crippen LogP contribution in [0.25, 0.3) is 11.0 Å². The Kier molecular flexibility index (Phi) is 5.64. The number of H-pyrrole nitrogens is 1. The fourth-order valence-corrected chi connectivity index (χ4v) is 5.02. The number of hydrogen-bond acceptors (Lipinski definition) is 5. The average Bonchev–Trinajstić information content (AvgIpc) is 3.27. The zero-order chi connectivity index (χ0) is 21.1. The number of aromatic amines is 1. The minimum atomic E-state index is -0.115. The van der Waals surface area contributed by atoms with Crippen molar-refractivity contribution in [3.63, 3.8) is 0 Å². The van der Waals surface area contributed by atoms with Gasteiger partial charge in [-0.15, -0.1) is 0 Å². The zero-order valence-corrected chi connectivity index (χ0v) is 17.9. The summed E-state index contributed by atoms with van der Waals surface area (Å²) in [6, 6.07) is 13.7. The Labute approximate surface area is 182 Å². The Balaban J connectivity index is 0.000000157. The van der Waals surface area contributed by atoms with E-state index in [4.69, 9.17) is 4.74 Å². The van der Waals surface area contributed by atoms with Crippen molar-refractivity contribution in [3.8, 4) is 5.75 Å². The maximum atomic E-state index is 10.8. The molecule has 1 spiro atoms. The fourth-order valence-electron chi connectivity index (χ4n) is 5.02. The molecule has 0 atom stereocenters. The van der Waals surface area contributed by atoms with Gasteiger partial charge in [0.15, 0.2) is 0 Å². The van der Waals surface area contributed by atoms with Crippen molar-refractivity contribution in [1.29, 1.82) is 0 Å². The van der Waals surface area contributed by atoms with Crippen molar-refractivity contribution in [2.75, 3.05) is 31.1 Å². The molecule has 2 aromatic heterocycles. The molecule has 4 heterocycles. The number of pyridine rings is 2. The molecule has 1 aromatic carbocycles. The molecule has 1 saturated heterocycles. The van der Waals surface area contributed by atoms with E-state index in [1.165, 1.54) is 61.6 Å². The van der Waals surface area contributed by atoms with Gasteiger partial charge in [0.1, 0.15) is 17.0 Å². The number of aromatic nitrogens is 2. The van der Waals surface area contributed by atoms with E-state index in [1.54, 1.807) is 12.3 Å². The maximum absolute atomic E-state index is 10.8. The van der Waals surface area contributed by atoms with Crippen LogP contribution in [-0.2, 0) is 6.42 Å². The molecule has 162 valence electrons. The highest BCUT2D eigenvalue weighted by Crippen LogP contribution is 2.46. The third-order valence-electron chi connectivity index (χ3n) is 6.71. The lowest BCUT2D eigenvalue weighted by atomic mass is 9.89. The smallest absolute Gasteiger partial charge is 0.249 e. The van der Waals surface area contributed by atoms with Crippen LogP contribution < -0.4 is 20.5 Å². The Morgan fingerprint density at radius 3 is 2.65 bits per heavy atom. The lowest BCUT2D eigenvalue weighted by Gasteiger charge is -2.39. The van der Waals surface area contributed by atoms with Crippen LogP contribution in [0.3, 0.4) is 0 Å². The van der Waals surface area contributed by atoms with Gasteiger partial charge in [0.25, 0.3) is 0 Å². The second-order valence-corrected chi connectivity index (χ2v) is 8.76. The standard InChI is InChI=1S/C17H24N2O.C8H6N2O/c1-2-8-17(7-1)9-6-14-4-3-5-15(16(14)20-17)19-12-10-18-11-13-19;11-7-4-3-6-2-1-5-9-8(6)10-7/h3-5,18H,1-2,6-13H2;1-5H,(H,9,10,11). The first-order chi connectivity index (χ1) is 15.2. The minimum Gasteiger partial charge on any atom is -0.485 e. The number of ether oxygens (including phenoxy) is 1. The number of nitrogens with one attached hydrogen (secondary N) is 2. The van der Waals surface area contributed by atoms with Gasteiger partial charge in [0.05, 0.1) is 5.69 Å². The number of para-hydroxylation sites is 1. The molecule has 0 radical (unpaired) electrons. The molecule has 0 unspecified atom stereocenters. The third kappa shape index (κ3) is 4.30. The van der Waals surface area contributed by atoms with Gasteiger partial charge in [-0.2, -0.15) is 0 Å². The molecule has 1 saturated carbocycles. The highest BCUT2D eigenvalue weighted by Gasteiger charge is 2.40. The molecule has 6 rings (SSSR count). The van der Waals surface area contributed by atoms with Gasteiger partial charge in [0, 0.05) is 43.8 Å². The monoisotopic (exact) mass is 418 g/mol. The van der Waals surface area contributed by atoms with Crippen molar-refractivity contribution in [2.24, 2.45) is 0 Å². The van der Waals surface area contributed by atoms with Crippen LogP contribution in [0, 0.1) is 0 Å². The van der Waals surface area contributed by atoms with E-state index >= 15 is 0 Å². The van der Waals surface area contributed by atoms with E-state index in [9.17, 15) is 4.79 Å². The Morgan fingerprint density at radius 1 is 0.968 bits per heavy atom. The molecule has 31 heavy (non-hydrogen) atoms. The predicted octanol–water partition coefficient (Wildman–Crippen LogP) is 3.66. The summed E-state index contributed by atoms with van der Waals surface area (Å²) >= 11 is 0.